The Morgan fingerprint density at radius 3 is 2.45 bits per heavy atom. The van der Waals surface area contributed by atoms with Crippen molar-refractivity contribution >= 4 is 29.4 Å². The van der Waals surface area contributed by atoms with E-state index in [4.69, 9.17) is 16.3 Å². The van der Waals surface area contributed by atoms with E-state index < -0.39 is 0 Å². The van der Waals surface area contributed by atoms with Crippen LogP contribution in [0.3, 0.4) is 0 Å². The van der Waals surface area contributed by atoms with Gasteiger partial charge in [-0.25, -0.2) is 9.59 Å². The number of aryl methyl sites for hydroxylation is 1. The fourth-order valence-corrected chi connectivity index (χ4v) is 2.55. The van der Waals surface area contributed by atoms with Crippen LogP contribution in [0.25, 0.3) is 0 Å². The molecule has 2 rings (SSSR count). The fraction of sp³-hybridized carbons (Fsp3) is 0.467. The standard InChI is InChI=1S/C15H20ClN3O3/c1-3-22-15(21)19-9-7-18(8-10-19)14(20)17-13-11(2)5-4-6-12(13)16/h4-6H,3,7-10H2,1-2H3,(H,17,20). The molecule has 0 radical (unpaired) electrons. The van der Waals surface area contributed by atoms with E-state index in [1.807, 2.05) is 19.1 Å². The van der Waals surface area contributed by atoms with Gasteiger partial charge in [-0.05, 0) is 25.5 Å². The molecule has 1 saturated heterocycles. The minimum atomic E-state index is -0.329. The number of para-hydroxylation sites is 1. The molecule has 0 bridgehead atoms. The number of benzene rings is 1. The van der Waals surface area contributed by atoms with Crippen LogP contribution in [-0.4, -0.2) is 54.7 Å². The average Bonchev–Trinajstić information content (AvgIpc) is 2.51. The number of carbonyl (C=O) groups is 2. The van der Waals surface area contributed by atoms with Gasteiger partial charge in [0, 0.05) is 26.2 Å². The molecule has 1 aliphatic rings. The third-order valence-corrected chi connectivity index (χ3v) is 3.86. The zero-order valence-electron chi connectivity index (χ0n) is 12.8. The minimum Gasteiger partial charge on any atom is -0.450 e. The van der Waals surface area contributed by atoms with Crippen LogP contribution in [0, 0.1) is 6.92 Å². The lowest BCUT2D eigenvalue weighted by atomic mass is 10.2. The number of piperazine rings is 1. The zero-order valence-corrected chi connectivity index (χ0v) is 13.5. The number of nitrogens with one attached hydrogen (secondary N) is 1. The molecule has 1 N–H and O–H groups in total. The van der Waals surface area contributed by atoms with Crippen molar-refractivity contribution in [2.45, 2.75) is 13.8 Å². The van der Waals surface area contributed by atoms with Gasteiger partial charge in [0.05, 0.1) is 17.3 Å². The normalized spacial score (nSPS) is 14.7. The van der Waals surface area contributed by atoms with Gasteiger partial charge in [-0.1, -0.05) is 23.7 Å². The van der Waals surface area contributed by atoms with Crippen LogP contribution in [0.2, 0.25) is 5.02 Å². The van der Waals surface area contributed by atoms with Crippen molar-refractivity contribution in [2.24, 2.45) is 0 Å². The average molecular weight is 326 g/mol. The molecule has 0 saturated carbocycles. The Labute approximate surface area is 135 Å². The Hall–Kier alpha value is -1.95. The molecule has 0 spiro atoms. The smallest absolute Gasteiger partial charge is 0.409 e. The lowest BCUT2D eigenvalue weighted by Gasteiger charge is -2.34. The molecule has 0 aromatic heterocycles. The van der Waals surface area contributed by atoms with Crippen LogP contribution in [-0.2, 0) is 4.74 Å². The minimum absolute atomic E-state index is 0.209. The van der Waals surface area contributed by atoms with Crippen molar-refractivity contribution in [3.05, 3.63) is 28.8 Å². The summed E-state index contributed by atoms with van der Waals surface area (Å²) in [5.41, 5.74) is 1.54. The Morgan fingerprint density at radius 2 is 1.86 bits per heavy atom. The van der Waals surface area contributed by atoms with E-state index in [1.54, 1.807) is 22.8 Å². The van der Waals surface area contributed by atoms with Gasteiger partial charge in [-0.15, -0.1) is 0 Å². The summed E-state index contributed by atoms with van der Waals surface area (Å²) in [5, 5.41) is 3.35. The molecule has 7 heteroatoms. The molecular formula is C15H20ClN3O3. The molecule has 1 aromatic rings. The van der Waals surface area contributed by atoms with E-state index in [0.717, 1.165) is 5.56 Å². The third-order valence-electron chi connectivity index (χ3n) is 3.55. The SMILES string of the molecule is CCOC(=O)N1CCN(C(=O)Nc2c(C)cccc2Cl)CC1. The highest BCUT2D eigenvalue weighted by atomic mass is 35.5. The highest BCUT2D eigenvalue weighted by Gasteiger charge is 2.25. The summed E-state index contributed by atoms with van der Waals surface area (Å²) in [6.45, 7) is 5.88. The van der Waals surface area contributed by atoms with Crippen molar-refractivity contribution < 1.29 is 14.3 Å². The van der Waals surface area contributed by atoms with Gasteiger partial charge in [-0.2, -0.15) is 0 Å². The summed E-state index contributed by atoms with van der Waals surface area (Å²) < 4.78 is 4.95. The first-order valence-corrected chi connectivity index (χ1v) is 7.63. The molecule has 0 unspecified atom stereocenters. The fourth-order valence-electron chi connectivity index (χ4n) is 2.28. The van der Waals surface area contributed by atoms with Crippen LogP contribution >= 0.6 is 11.6 Å². The van der Waals surface area contributed by atoms with E-state index in [-0.39, 0.29) is 12.1 Å². The number of nitrogens with zero attached hydrogens (tertiary/aromatic N) is 2. The maximum absolute atomic E-state index is 12.3. The number of hydrogen-bond acceptors (Lipinski definition) is 3. The zero-order chi connectivity index (χ0) is 16.1. The molecule has 0 atom stereocenters. The number of halogens is 1. The number of carbonyl (C=O) groups excluding carboxylic acids is 2. The van der Waals surface area contributed by atoms with Gasteiger partial charge in [0.15, 0.2) is 0 Å². The van der Waals surface area contributed by atoms with E-state index in [9.17, 15) is 9.59 Å². The molecule has 1 heterocycles. The molecule has 120 valence electrons. The summed E-state index contributed by atoms with van der Waals surface area (Å²) in [7, 11) is 0. The summed E-state index contributed by atoms with van der Waals surface area (Å²) in [5.74, 6) is 0. The number of hydrogen-bond donors (Lipinski definition) is 1. The maximum atomic E-state index is 12.3. The number of rotatable bonds is 2. The summed E-state index contributed by atoms with van der Waals surface area (Å²) in [4.78, 5) is 27.2. The molecule has 3 amide bonds. The van der Waals surface area contributed by atoms with Gasteiger partial charge in [0.1, 0.15) is 0 Å². The number of ether oxygens (including phenoxy) is 1. The molecular weight excluding hydrogens is 306 g/mol. The van der Waals surface area contributed by atoms with E-state index in [1.165, 1.54) is 0 Å². The first-order valence-electron chi connectivity index (χ1n) is 7.25. The number of anilines is 1. The van der Waals surface area contributed by atoms with Crippen molar-refractivity contribution in [3.63, 3.8) is 0 Å². The largest absolute Gasteiger partial charge is 0.450 e. The van der Waals surface area contributed by atoms with Crippen LogP contribution in [0.5, 0.6) is 0 Å². The van der Waals surface area contributed by atoms with Crippen molar-refractivity contribution in [2.75, 3.05) is 38.1 Å². The first kappa shape index (κ1) is 16.4. The van der Waals surface area contributed by atoms with Gasteiger partial charge >= 0.3 is 12.1 Å². The Bertz CT molecular complexity index is 537. The highest BCUT2D eigenvalue weighted by Crippen LogP contribution is 2.25. The quantitative estimate of drug-likeness (QED) is 0.909. The molecule has 1 aromatic carbocycles. The van der Waals surface area contributed by atoms with Crippen molar-refractivity contribution in [1.29, 1.82) is 0 Å². The molecule has 1 fully saturated rings. The third kappa shape index (κ3) is 3.82. The topological polar surface area (TPSA) is 61.9 Å². The van der Waals surface area contributed by atoms with Crippen molar-refractivity contribution in [3.8, 4) is 0 Å². The Balaban J connectivity index is 1.92. The van der Waals surface area contributed by atoms with Crippen LogP contribution in [0.15, 0.2) is 18.2 Å². The maximum Gasteiger partial charge on any atom is 0.409 e. The first-order chi connectivity index (χ1) is 10.5. The van der Waals surface area contributed by atoms with Gasteiger partial charge in [0.2, 0.25) is 0 Å². The predicted molar refractivity (Wildman–Crippen MR) is 85.4 cm³/mol. The van der Waals surface area contributed by atoms with E-state index in [2.05, 4.69) is 5.32 Å². The second-order valence-electron chi connectivity index (χ2n) is 5.03. The second kappa shape index (κ2) is 7.35. The van der Waals surface area contributed by atoms with Crippen LogP contribution in [0.1, 0.15) is 12.5 Å². The lowest BCUT2D eigenvalue weighted by Crippen LogP contribution is -2.51. The highest BCUT2D eigenvalue weighted by molar-refractivity contribution is 6.33. The number of amides is 3. The van der Waals surface area contributed by atoms with Gasteiger partial charge in [0.25, 0.3) is 0 Å². The lowest BCUT2D eigenvalue weighted by molar-refractivity contribution is 0.0868. The number of urea groups is 1. The summed E-state index contributed by atoms with van der Waals surface area (Å²) in [6, 6.07) is 5.26. The predicted octanol–water partition coefficient (Wildman–Crippen LogP) is 2.95. The van der Waals surface area contributed by atoms with Crippen molar-refractivity contribution in [1.82, 2.24) is 9.80 Å². The molecule has 1 aliphatic heterocycles. The molecule has 0 aliphatic carbocycles. The van der Waals surface area contributed by atoms with E-state index >= 15 is 0 Å². The van der Waals surface area contributed by atoms with Crippen LogP contribution in [0.4, 0.5) is 15.3 Å². The molecule has 6 nitrogen and oxygen atoms in total. The Kier molecular flexibility index (Phi) is 5.49. The Morgan fingerprint density at radius 1 is 1.23 bits per heavy atom. The van der Waals surface area contributed by atoms with E-state index in [0.29, 0.717) is 43.5 Å². The van der Waals surface area contributed by atoms with Crippen LogP contribution < -0.4 is 5.32 Å². The second-order valence-corrected chi connectivity index (χ2v) is 5.44. The van der Waals surface area contributed by atoms with Gasteiger partial charge < -0.3 is 19.9 Å². The monoisotopic (exact) mass is 325 g/mol. The summed E-state index contributed by atoms with van der Waals surface area (Å²) >= 11 is 6.11. The van der Waals surface area contributed by atoms with Gasteiger partial charge in [-0.3, -0.25) is 0 Å². The molecule has 22 heavy (non-hydrogen) atoms. The summed E-state index contributed by atoms with van der Waals surface area (Å²) in [6.07, 6.45) is -0.329.